The molecule has 0 saturated carbocycles. The van der Waals surface area contributed by atoms with Gasteiger partial charge in [0.05, 0.1) is 12.5 Å². The number of aliphatic carboxylic acids is 1. The van der Waals surface area contributed by atoms with Crippen LogP contribution in [0.5, 0.6) is 0 Å². The van der Waals surface area contributed by atoms with Crippen molar-refractivity contribution >= 4 is 30.9 Å². The van der Waals surface area contributed by atoms with Crippen LogP contribution in [-0.4, -0.2) is 42.6 Å². The second kappa shape index (κ2) is 9.67. The van der Waals surface area contributed by atoms with E-state index in [1.165, 1.54) is 0 Å². The maximum atomic E-state index is 12.5. The minimum absolute atomic E-state index is 0. The van der Waals surface area contributed by atoms with Crippen molar-refractivity contribution in [2.45, 2.75) is 18.4 Å². The third-order valence-corrected chi connectivity index (χ3v) is 5.22. The van der Waals surface area contributed by atoms with Gasteiger partial charge in [0.15, 0.2) is 0 Å². The molecule has 3 aromatic carbocycles. The average Bonchev–Trinajstić information content (AvgIpc) is 3.06. The van der Waals surface area contributed by atoms with Crippen molar-refractivity contribution in [3.8, 4) is 11.1 Å². The molecule has 1 amide bonds. The Morgan fingerprint density at radius 3 is 1.97 bits per heavy atom. The molecule has 2 N–H and O–H groups in total. The monoisotopic (exact) mass is 395 g/mol. The number of ether oxygens (including phenoxy) is 1. The van der Waals surface area contributed by atoms with Gasteiger partial charge in [-0.3, -0.25) is 4.79 Å². The number of carbonyl (C=O) groups is 2. The molecular formula is C24H22LiNO4. The van der Waals surface area contributed by atoms with E-state index < -0.39 is 18.1 Å². The molecular weight excluding hydrogens is 373 g/mol. The Bertz CT molecular complexity index is 993. The number of fused-ring (bicyclic) bond motifs is 3. The van der Waals surface area contributed by atoms with Gasteiger partial charge in [-0.1, -0.05) is 78.9 Å². The number of nitrogens with one attached hydrogen (secondary N) is 1. The van der Waals surface area contributed by atoms with E-state index in [1.807, 2.05) is 42.5 Å². The van der Waals surface area contributed by atoms with Gasteiger partial charge >= 0.3 is 30.9 Å². The van der Waals surface area contributed by atoms with Gasteiger partial charge < -0.3 is 15.2 Å². The molecule has 0 unspecified atom stereocenters. The van der Waals surface area contributed by atoms with Crippen molar-refractivity contribution in [3.05, 3.63) is 95.6 Å². The van der Waals surface area contributed by atoms with E-state index in [-0.39, 0.29) is 37.8 Å². The van der Waals surface area contributed by atoms with Gasteiger partial charge in [-0.2, -0.15) is 0 Å². The minimum atomic E-state index is -0.988. The fourth-order valence-corrected chi connectivity index (χ4v) is 3.89. The van der Waals surface area contributed by atoms with Crippen LogP contribution in [0.2, 0.25) is 0 Å². The van der Waals surface area contributed by atoms with Gasteiger partial charge in [-0.05, 0) is 27.8 Å². The molecule has 0 spiro atoms. The van der Waals surface area contributed by atoms with Crippen LogP contribution < -0.4 is 5.32 Å². The first kappa shape index (κ1) is 21.7. The van der Waals surface area contributed by atoms with Gasteiger partial charge in [0.1, 0.15) is 6.61 Å². The van der Waals surface area contributed by atoms with Crippen LogP contribution in [0.25, 0.3) is 11.1 Å². The molecule has 0 heterocycles. The number of rotatable bonds is 6. The fraction of sp³-hybridized carbons (Fsp3) is 0.167. The van der Waals surface area contributed by atoms with Crippen LogP contribution in [0, 0.1) is 0 Å². The number of carboxylic acid groups (broad SMARTS) is 1. The fourth-order valence-electron chi connectivity index (χ4n) is 3.89. The SMILES string of the molecule is O=C(O)C[C@@H](NC(=O)OCC1c2ccccc2-c2ccccc21)c1ccccc1.[LiH]. The van der Waals surface area contributed by atoms with Crippen LogP contribution in [-0.2, 0) is 9.53 Å². The van der Waals surface area contributed by atoms with Crippen LogP contribution >= 0.6 is 0 Å². The summed E-state index contributed by atoms with van der Waals surface area (Å²) in [6.45, 7) is 0.189. The molecule has 0 fully saturated rings. The number of carboxylic acids is 1. The van der Waals surface area contributed by atoms with Gasteiger partial charge in [0, 0.05) is 5.92 Å². The molecule has 1 atom stereocenters. The van der Waals surface area contributed by atoms with Gasteiger partial charge in [0.25, 0.3) is 0 Å². The number of alkyl carbamates (subject to hydrolysis) is 1. The Morgan fingerprint density at radius 2 is 1.40 bits per heavy atom. The predicted molar refractivity (Wildman–Crippen MR) is 117 cm³/mol. The summed E-state index contributed by atoms with van der Waals surface area (Å²) in [5.74, 6) is -1.03. The molecule has 5 nitrogen and oxygen atoms in total. The second-order valence-corrected chi connectivity index (χ2v) is 7.03. The second-order valence-electron chi connectivity index (χ2n) is 7.03. The third kappa shape index (κ3) is 4.59. The summed E-state index contributed by atoms with van der Waals surface area (Å²) in [6.07, 6.45) is -0.837. The van der Waals surface area contributed by atoms with E-state index in [0.29, 0.717) is 0 Å². The molecule has 0 saturated heterocycles. The van der Waals surface area contributed by atoms with Crippen molar-refractivity contribution in [2.75, 3.05) is 6.61 Å². The molecule has 1 aliphatic rings. The predicted octanol–water partition coefficient (Wildman–Crippen LogP) is 4.09. The molecule has 4 rings (SSSR count). The quantitative estimate of drug-likeness (QED) is 0.617. The summed E-state index contributed by atoms with van der Waals surface area (Å²) in [7, 11) is 0. The number of hydrogen-bond donors (Lipinski definition) is 2. The first-order valence-electron chi connectivity index (χ1n) is 9.51. The normalized spacial score (nSPS) is 12.8. The van der Waals surface area contributed by atoms with E-state index >= 15 is 0 Å². The standard InChI is InChI=1S/C24H21NO4.Li.H/c26-23(27)14-22(16-8-2-1-3-9-16)25-24(28)29-15-21-19-12-6-4-10-17(19)18-11-5-7-13-20(18)21;;/h1-13,21-22H,14-15H2,(H,25,28)(H,26,27);;/t22-;;/m1../s1. The zero-order valence-electron chi connectivity index (χ0n) is 15.7. The zero-order valence-corrected chi connectivity index (χ0v) is 15.7. The van der Waals surface area contributed by atoms with Crippen molar-refractivity contribution < 1.29 is 19.4 Å². The maximum absolute atomic E-state index is 12.5. The molecule has 148 valence electrons. The Kier molecular flexibility index (Phi) is 6.99. The Morgan fingerprint density at radius 1 is 0.867 bits per heavy atom. The average molecular weight is 395 g/mol. The van der Waals surface area contributed by atoms with Crippen molar-refractivity contribution in [3.63, 3.8) is 0 Å². The molecule has 0 aromatic heterocycles. The van der Waals surface area contributed by atoms with Crippen LogP contribution in [0.15, 0.2) is 78.9 Å². The number of hydrogen-bond acceptors (Lipinski definition) is 3. The van der Waals surface area contributed by atoms with E-state index in [1.54, 1.807) is 12.1 Å². The Hall–Kier alpha value is -3.00. The van der Waals surface area contributed by atoms with Crippen LogP contribution in [0.4, 0.5) is 4.79 Å². The zero-order chi connectivity index (χ0) is 20.2. The van der Waals surface area contributed by atoms with Crippen molar-refractivity contribution in [2.24, 2.45) is 0 Å². The van der Waals surface area contributed by atoms with Gasteiger partial charge in [-0.25, -0.2) is 4.79 Å². The van der Waals surface area contributed by atoms with Gasteiger partial charge in [0.2, 0.25) is 0 Å². The number of benzene rings is 3. The molecule has 6 heteroatoms. The van der Waals surface area contributed by atoms with Crippen molar-refractivity contribution in [1.29, 1.82) is 0 Å². The topological polar surface area (TPSA) is 75.6 Å². The van der Waals surface area contributed by atoms with E-state index in [2.05, 4.69) is 29.6 Å². The Labute approximate surface area is 187 Å². The molecule has 0 bridgehead atoms. The van der Waals surface area contributed by atoms with Crippen LogP contribution in [0.1, 0.15) is 35.1 Å². The number of carbonyl (C=O) groups excluding carboxylic acids is 1. The summed E-state index contributed by atoms with van der Waals surface area (Å²) < 4.78 is 5.53. The molecule has 0 aliphatic heterocycles. The molecule has 0 radical (unpaired) electrons. The van der Waals surface area contributed by atoms with Crippen molar-refractivity contribution in [1.82, 2.24) is 5.32 Å². The number of amides is 1. The summed E-state index contributed by atoms with van der Waals surface area (Å²) in [6, 6.07) is 24.6. The Balaban J connectivity index is 0.00000256. The molecule has 30 heavy (non-hydrogen) atoms. The summed E-state index contributed by atoms with van der Waals surface area (Å²) in [5, 5.41) is 11.9. The third-order valence-electron chi connectivity index (χ3n) is 5.22. The van der Waals surface area contributed by atoms with Crippen LogP contribution in [0.3, 0.4) is 0 Å². The molecule has 1 aliphatic carbocycles. The first-order chi connectivity index (χ1) is 14.1. The van der Waals surface area contributed by atoms with E-state index in [0.717, 1.165) is 27.8 Å². The van der Waals surface area contributed by atoms with E-state index in [4.69, 9.17) is 4.74 Å². The molecule has 3 aromatic rings. The first-order valence-corrected chi connectivity index (χ1v) is 9.51. The van der Waals surface area contributed by atoms with E-state index in [9.17, 15) is 14.7 Å². The summed E-state index contributed by atoms with van der Waals surface area (Å²) >= 11 is 0. The summed E-state index contributed by atoms with van der Waals surface area (Å²) in [4.78, 5) is 23.7. The summed E-state index contributed by atoms with van der Waals surface area (Å²) in [5.41, 5.74) is 5.30. The van der Waals surface area contributed by atoms with Gasteiger partial charge in [-0.15, -0.1) is 0 Å².